The largest absolute Gasteiger partial charge is 0.504 e. The van der Waals surface area contributed by atoms with Gasteiger partial charge in [-0.05, 0) is 67.5 Å². The second-order valence-electron chi connectivity index (χ2n) is 8.90. The lowest BCUT2D eigenvalue weighted by Gasteiger charge is -2.41. The maximum atomic E-state index is 11.3. The Labute approximate surface area is 205 Å². The predicted molar refractivity (Wildman–Crippen MR) is 128 cm³/mol. The van der Waals surface area contributed by atoms with Gasteiger partial charge in [-0.2, -0.15) is 0 Å². The molecule has 3 rings (SSSR count). The van der Waals surface area contributed by atoms with Crippen molar-refractivity contribution in [3.63, 3.8) is 0 Å². The molecular weight excluding hydrogens is 456 g/mol. The standard InChI is InChI=1S/C26H36O9/c1-32-22-11-15(4-7-20(22)29)5-9-21(35-14-27)17-6-8-19(28)18(25(17)30)10-16-12-23(33-2)26(31)24(13-16)34-3/h4,7,11-13,17-19,21,25,27-31H,5-6,8-10,14H2,1-3H3. The number of phenols is 2. The number of hydrogen-bond donors (Lipinski definition) is 5. The van der Waals surface area contributed by atoms with Gasteiger partial charge in [0.15, 0.2) is 23.0 Å². The van der Waals surface area contributed by atoms with Crippen LogP contribution in [0.1, 0.15) is 30.4 Å². The first-order chi connectivity index (χ1) is 16.8. The first-order valence-electron chi connectivity index (χ1n) is 11.7. The summed E-state index contributed by atoms with van der Waals surface area (Å²) in [5.41, 5.74) is 1.67. The molecule has 0 aliphatic heterocycles. The number of aryl methyl sites for hydroxylation is 1. The van der Waals surface area contributed by atoms with Gasteiger partial charge in [-0.15, -0.1) is 0 Å². The second-order valence-corrected chi connectivity index (χ2v) is 8.90. The van der Waals surface area contributed by atoms with Crippen LogP contribution in [-0.2, 0) is 17.6 Å². The molecule has 1 saturated carbocycles. The molecule has 5 unspecified atom stereocenters. The fourth-order valence-corrected chi connectivity index (χ4v) is 5.00. The Balaban J connectivity index is 1.76. The summed E-state index contributed by atoms with van der Waals surface area (Å²) >= 11 is 0. The van der Waals surface area contributed by atoms with Crippen LogP contribution in [0.2, 0.25) is 0 Å². The van der Waals surface area contributed by atoms with Gasteiger partial charge < -0.3 is 44.5 Å². The molecule has 9 nitrogen and oxygen atoms in total. The van der Waals surface area contributed by atoms with Crippen molar-refractivity contribution in [2.24, 2.45) is 11.8 Å². The Kier molecular flexibility index (Phi) is 9.45. The molecule has 0 bridgehead atoms. The third-order valence-electron chi connectivity index (χ3n) is 6.91. The van der Waals surface area contributed by atoms with E-state index >= 15 is 0 Å². The molecule has 9 heteroatoms. The summed E-state index contributed by atoms with van der Waals surface area (Å²) in [6.45, 7) is -0.480. The molecule has 5 N–H and O–H groups in total. The van der Waals surface area contributed by atoms with Crippen molar-refractivity contribution in [3.8, 4) is 28.7 Å². The third kappa shape index (κ3) is 6.29. The molecule has 2 aromatic rings. The van der Waals surface area contributed by atoms with E-state index in [2.05, 4.69) is 0 Å². The SMILES string of the molecule is COc1cc(CCC(OCO)C2CCC(O)C(Cc3cc(OC)c(O)c(OC)c3)C2O)ccc1O. The number of phenolic OH excluding ortho intramolecular Hbond substituents is 2. The van der Waals surface area contributed by atoms with Crippen molar-refractivity contribution in [1.29, 1.82) is 0 Å². The van der Waals surface area contributed by atoms with Crippen LogP contribution in [0.4, 0.5) is 0 Å². The second kappa shape index (κ2) is 12.3. The van der Waals surface area contributed by atoms with Crippen molar-refractivity contribution in [1.82, 2.24) is 0 Å². The highest BCUT2D eigenvalue weighted by Crippen LogP contribution is 2.41. The lowest BCUT2D eigenvalue weighted by molar-refractivity contribution is -0.136. The van der Waals surface area contributed by atoms with E-state index in [1.165, 1.54) is 21.3 Å². The summed E-state index contributed by atoms with van der Waals surface area (Å²) in [6.07, 6.45) is 0.450. The summed E-state index contributed by atoms with van der Waals surface area (Å²) in [5, 5.41) is 51.5. The van der Waals surface area contributed by atoms with Crippen LogP contribution < -0.4 is 14.2 Å². The number of benzene rings is 2. The molecule has 0 radical (unpaired) electrons. The van der Waals surface area contributed by atoms with Crippen molar-refractivity contribution in [3.05, 3.63) is 41.5 Å². The van der Waals surface area contributed by atoms with Gasteiger partial charge in [0.1, 0.15) is 6.79 Å². The van der Waals surface area contributed by atoms with Crippen LogP contribution >= 0.6 is 0 Å². The fourth-order valence-electron chi connectivity index (χ4n) is 5.00. The van der Waals surface area contributed by atoms with Crippen LogP contribution in [0.3, 0.4) is 0 Å². The average Bonchev–Trinajstić information content (AvgIpc) is 2.86. The molecule has 194 valence electrons. The van der Waals surface area contributed by atoms with E-state index in [1.54, 1.807) is 30.3 Å². The van der Waals surface area contributed by atoms with Crippen LogP contribution in [0.5, 0.6) is 28.7 Å². The summed E-state index contributed by atoms with van der Waals surface area (Å²) in [7, 11) is 4.37. The zero-order chi connectivity index (χ0) is 25.5. The number of methoxy groups -OCH3 is 3. The maximum Gasteiger partial charge on any atom is 0.200 e. The average molecular weight is 493 g/mol. The topological polar surface area (TPSA) is 138 Å². The maximum absolute atomic E-state index is 11.3. The molecule has 5 atom stereocenters. The van der Waals surface area contributed by atoms with Crippen molar-refractivity contribution < 1.29 is 44.5 Å². The van der Waals surface area contributed by atoms with Crippen molar-refractivity contribution in [2.45, 2.75) is 50.4 Å². The third-order valence-corrected chi connectivity index (χ3v) is 6.91. The Bertz CT molecular complexity index is 939. The van der Waals surface area contributed by atoms with Gasteiger partial charge in [-0.25, -0.2) is 0 Å². The number of hydrogen-bond acceptors (Lipinski definition) is 9. The highest BCUT2D eigenvalue weighted by atomic mass is 16.6. The molecule has 0 saturated heterocycles. The molecular formula is C26H36O9. The van der Waals surface area contributed by atoms with E-state index in [1.807, 2.05) is 0 Å². The number of ether oxygens (including phenoxy) is 4. The van der Waals surface area contributed by atoms with Gasteiger partial charge in [0.05, 0.1) is 39.6 Å². The molecule has 1 aliphatic carbocycles. The zero-order valence-electron chi connectivity index (χ0n) is 20.4. The minimum Gasteiger partial charge on any atom is -0.504 e. The molecule has 35 heavy (non-hydrogen) atoms. The normalized spacial score (nSPS) is 23.0. The van der Waals surface area contributed by atoms with Crippen molar-refractivity contribution in [2.75, 3.05) is 28.1 Å². The monoisotopic (exact) mass is 492 g/mol. The predicted octanol–water partition coefficient (Wildman–Crippen LogP) is 2.38. The highest BCUT2D eigenvalue weighted by Gasteiger charge is 2.41. The Morgan fingerprint density at radius 2 is 1.51 bits per heavy atom. The van der Waals surface area contributed by atoms with Crippen LogP contribution in [0.25, 0.3) is 0 Å². The van der Waals surface area contributed by atoms with Crippen LogP contribution in [0, 0.1) is 11.8 Å². The van der Waals surface area contributed by atoms with Crippen molar-refractivity contribution >= 4 is 0 Å². The first-order valence-corrected chi connectivity index (χ1v) is 11.7. The first kappa shape index (κ1) is 26.9. The molecule has 2 aromatic carbocycles. The minimum absolute atomic E-state index is 0.0569. The van der Waals surface area contributed by atoms with Crippen LogP contribution in [0.15, 0.2) is 30.3 Å². The number of aliphatic hydroxyl groups excluding tert-OH is 3. The summed E-state index contributed by atoms with van der Waals surface area (Å²) in [4.78, 5) is 0. The van der Waals surface area contributed by atoms with Gasteiger partial charge in [-0.3, -0.25) is 0 Å². The van der Waals surface area contributed by atoms with Gasteiger partial charge in [0.2, 0.25) is 5.75 Å². The molecule has 0 amide bonds. The van der Waals surface area contributed by atoms with Gasteiger partial charge >= 0.3 is 0 Å². The van der Waals surface area contributed by atoms with E-state index in [0.29, 0.717) is 37.9 Å². The quantitative estimate of drug-likeness (QED) is 0.299. The van der Waals surface area contributed by atoms with Gasteiger partial charge in [-0.1, -0.05) is 6.07 Å². The molecule has 0 aromatic heterocycles. The highest BCUT2D eigenvalue weighted by molar-refractivity contribution is 5.52. The Morgan fingerprint density at radius 3 is 2.11 bits per heavy atom. The Morgan fingerprint density at radius 1 is 0.886 bits per heavy atom. The van der Waals surface area contributed by atoms with E-state index in [4.69, 9.17) is 18.9 Å². The lowest BCUT2D eigenvalue weighted by Crippen LogP contribution is -2.48. The van der Waals surface area contributed by atoms with Gasteiger partial charge in [0.25, 0.3) is 0 Å². The van der Waals surface area contributed by atoms with E-state index in [0.717, 1.165) is 11.1 Å². The fraction of sp³-hybridized carbons (Fsp3) is 0.538. The van der Waals surface area contributed by atoms with Crippen LogP contribution in [-0.4, -0.2) is 72.0 Å². The summed E-state index contributed by atoms with van der Waals surface area (Å²) in [6, 6.07) is 8.45. The molecule has 1 aliphatic rings. The number of rotatable bonds is 11. The lowest BCUT2D eigenvalue weighted by atomic mass is 9.71. The minimum atomic E-state index is -0.879. The molecule has 0 heterocycles. The molecule has 1 fully saturated rings. The number of aromatic hydroxyl groups is 2. The van der Waals surface area contributed by atoms with E-state index in [9.17, 15) is 25.5 Å². The zero-order valence-corrected chi connectivity index (χ0v) is 20.4. The van der Waals surface area contributed by atoms with Gasteiger partial charge in [0, 0.05) is 11.8 Å². The summed E-state index contributed by atoms with van der Waals surface area (Å²) < 4.78 is 21.3. The van der Waals surface area contributed by atoms with E-state index < -0.39 is 31.0 Å². The Hall–Kier alpha value is -2.72. The summed E-state index contributed by atoms with van der Waals surface area (Å²) in [5.74, 6) is 0.0533. The molecule has 0 spiro atoms. The van der Waals surface area contributed by atoms with E-state index in [-0.39, 0.29) is 28.9 Å². The smallest absolute Gasteiger partial charge is 0.200 e. The number of aliphatic hydroxyl groups is 3.